The second-order valence-electron chi connectivity index (χ2n) is 6.00. The molecule has 0 aromatic carbocycles. The molecule has 2 heterocycles. The Hall–Kier alpha value is -1.10. The minimum atomic E-state index is -0.710. The zero-order valence-electron chi connectivity index (χ0n) is 10.3. The number of ether oxygens (including phenoxy) is 3. The van der Waals surface area contributed by atoms with E-state index in [0.717, 1.165) is 0 Å². The largest absolute Gasteiger partial charge is 0.480 e. The minimum absolute atomic E-state index is 0.0426. The van der Waals surface area contributed by atoms with Crippen LogP contribution in [-0.4, -0.2) is 43.8 Å². The van der Waals surface area contributed by atoms with E-state index in [1.165, 1.54) is 7.11 Å². The SMILES string of the molecule is CCOC1=N[C@@H]2[C@@H]3O[C@H]4[C@H]5[C@@H]3[C@@H]2[C@@H]5[C@@]14C(=O)OC. The van der Waals surface area contributed by atoms with Crippen molar-refractivity contribution in [3.05, 3.63) is 0 Å². The number of fused-ring (bicyclic) bond motifs is 2. The summed E-state index contributed by atoms with van der Waals surface area (Å²) in [5, 5.41) is 0. The van der Waals surface area contributed by atoms with Gasteiger partial charge in [0.1, 0.15) is 0 Å². The molecule has 1 saturated heterocycles. The van der Waals surface area contributed by atoms with Crippen LogP contribution in [0, 0.1) is 29.1 Å². The Labute approximate surface area is 104 Å². The summed E-state index contributed by atoms with van der Waals surface area (Å²) in [5.41, 5.74) is -0.710. The Balaban J connectivity index is 1.69. The third-order valence-electron chi connectivity index (χ3n) is 5.88. The molecule has 0 unspecified atom stereocenters. The average molecular weight is 249 g/mol. The van der Waals surface area contributed by atoms with Crippen molar-refractivity contribution < 1.29 is 19.0 Å². The summed E-state index contributed by atoms with van der Waals surface area (Å²) in [6.45, 7) is 2.46. The molecule has 3 aliphatic carbocycles. The summed E-state index contributed by atoms with van der Waals surface area (Å²) in [7, 11) is 1.44. The summed E-state index contributed by atoms with van der Waals surface area (Å²) in [6.07, 6.45) is 0.199. The molecule has 8 atom stereocenters. The molecule has 3 saturated carbocycles. The highest BCUT2D eigenvalue weighted by atomic mass is 16.6. The number of hydrogen-bond donors (Lipinski definition) is 0. The Morgan fingerprint density at radius 3 is 3.00 bits per heavy atom. The van der Waals surface area contributed by atoms with E-state index in [9.17, 15) is 4.79 Å². The number of hydrogen-bond acceptors (Lipinski definition) is 5. The van der Waals surface area contributed by atoms with Crippen LogP contribution in [0.2, 0.25) is 0 Å². The maximum Gasteiger partial charge on any atom is 0.324 e. The highest BCUT2D eigenvalue weighted by molar-refractivity contribution is 6.07. The fourth-order valence-corrected chi connectivity index (χ4v) is 5.40. The van der Waals surface area contributed by atoms with Crippen molar-refractivity contribution in [3.63, 3.8) is 0 Å². The molecule has 5 heteroatoms. The molecular weight excluding hydrogens is 234 g/mol. The number of rotatable bonds is 2. The van der Waals surface area contributed by atoms with Crippen molar-refractivity contribution in [2.24, 2.45) is 34.1 Å². The Bertz CT molecular complexity index is 495. The monoisotopic (exact) mass is 249 g/mol. The van der Waals surface area contributed by atoms with Crippen LogP contribution in [0.3, 0.4) is 0 Å². The molecule has 2 aliphatic heterocycles. The maximum absolute atomic E-state index is 12.3. The van der Waals surface area contributed by atoms with Gasteiger partial charge in [-0.2, -0.15) is 0 Å². The highest BCUT2D eigenvalue weighted by Gasteiger charge is 2.92. The van der Waals surface area contributed by atoms with Gasteiger partial charge >= 0.3 is 5.97 Å². The van der Waals surface area contributed by atoms with Crippen molar-refractivity contribution in [3.8, 4) is 0 Å². The zero-order chi connectivity index (χ0) is 12.2. The van der Waals surface area contributed by atoms with Crippen LogP contribution in [0.15, 0.2) is 4.99 Å². The molecule has 0 bridgehead atoms. The first-order valence-corrected chi connectivity index (χ1v) is 6.71. The first-order valence-electron chi connectivity index (χ1n) is 6.71. The summed E-state index contributed by atoms with van der Waals surface area (Å²) < 4.78 is 16.8. The van der Waals surface area contributed by atoms with Gasteiger partial charge in [-0.25, -0.2) is 4.99 Å². The van der Waals surface area contributed by atoms with Crippen molar-refractivity contribution in [1.82, 2.24) is 0 Å². The summed E-state index contributed by atoms with van der Waals surface area (Å²) in [4.78, 5) is 17.0. The second-order valence-corrected chi connectivity index (χ2v) is 6.00. The van der Waals surface area contributed by atoms with Crippen molar-refractivity contribution in [2.75, 3.05) is 13.7 Å². The predicted octanol–water partition coefficient (Wildman–Crippen LogP) is 0.236. The van der Waals surface area contributed by atoms with E-state index in [4.69, 9.17) is 14.2 Å². The standard InChI is InChI=1S/C13H15NO4/c1-3-17-11-13(12(15)16-2)7-5-4-6(7)10(13)18-9(4)8(5)14-11/h4-10H,3H2,1-2H3/t4-,5+,6-,7-,8-,9+,10-,13-/m0/s1. The van der Waals surface area contributed by atoms with Crippen LogP contribution in [0.1, 0.15) is 6.92 Å². The van der Waals surface area contributed by atoms with Crippen molar-refractivity contribution in [2.45, 2.75) is 25.2 Å². The van der Waals surface area contributed by atoms with Gasteiger partial charge in [0.15, 0.2) is 5.41 Å². The molecular formula is C13H15NO4. The highest BCUT2D eigenvalue weighted by Crippen LogP contribution is 2.82. The average Bonchev–Trinajstić information content (AvgIpc) is 2.54. The molecule has 5 aliphatic rings. The minimum Gasteiger partial charge on any atom is -0.480 e. The molecule has 0 aromatic heterocycles. The van der Waals surface area contributed by atoms with Crippen LogP contribution in [0.4, 0.5) is 0 Å². The predicted molar refractivity (Wildman–Crippen MR) is 59.9 cm³/mol. The fraction of sp³-hybridized carbons (Fsp3) is 0.846. The topological polar surface area (TPSA) is 57.1 Å². The third kappa shape index (κ3) is 0.624. The Kier molecular flexibility index (Phi) is 1.41. The van der Waals surface area contributed by atoms with E-state index in [-0.39, 0.29) is 24.2 Å². The lowest BCUT2D eigenvalue weighted by molar-refractivity contribution is -0.239. The molecule has 0 amide bonds. The molecule has 18 heavy (non-hydrogen) atoms. The summed E-state index contributed by atoms with van der Waals surface area (Å²) in [6, 6.07) is 0.239. The number of carbonyl (C=O) groups excluding carboxylic acids is 1. The van der Waals surface area contributed by atoms with Crippen LogP contribution < -0.4 is 0 Å². The summed E-state index contributed by atoms with van der Waals surface area (Å²) >= 11 is 0. The molecule has 5 rings (SSSR count). The number of esters is 1. The van der Waals surface area contributed by atoms with Crippen LogP contribution >= 0.6 is 0 Å². The molecule has 0 radical (unpaired) electrons. The first-order chi connectivity index (χ1) is 8.76. The van der Waals surface area contributed by atoms with E-state index in [2.05, 4.69) is 4.99 Å². The van der Waals surface area contributed by atoms with Gasteiger partial charge in [0.25, 0.3) is 0 Å². The van der Waals surface area contributed by atoms with E-state index in [1.807, 2.05) is 6.92 Å². The van der Waals surface area contributed by atoms with Gasteiger partial charge in [0.05, 0.1) is 32.0 Å². The Morgan fingerprint density at radius 1 is 1.44 bits per heavy atom. The molecule has 0 N–H and O–H groups in total. The molecule has 5 nitrogen and oxygen atoms in total. The van der Waals surface area contributed by atoms with Crippen LogP contribution in [-0.2, 0) is 19.0 Å². The maximum atomic E-state index is 12.3. The van der Waals surface area contributed by atoms with Gasteiger partial charge in [-0.3, -0.25) is 4.79 Å². The normalized spacial score (nSPS) is 59.9. The van der Waals surface area contributed by atoms with Gasteiger partial charge in [-0.1, -0.05) is 0 Å². The quantitative estimate of drug-likeness (QED) is 0.658. The number of aliphatic imine (C=N–C) groups is 1. The van der Waals surface area contributed by atoms with E-state index in [1.54, 1.807) is 0 Å². The zero-order valence-corrected chi connectivity index (χ0v) is 10.3. The summed E-state index contributed by atoms with van der Waals surface area (Å²) in [5.74, 6) is 2.50. The van der Waals surface area contributed by atoms with Crippen molar-refractivity contribution in [1.29, 1.82) is 0 Å². The second kappa shape index (κ2) is 2.59. The third-order valence-corrected chi connectivity index (χ3v) is 5.88. The molecule has 0 spiro atoms. The van der Waals surface area contributed by atoms with E-state index >= 15 is 0 Å². The van der Waals surface area contributed by atoms with Crippen LogP contribution in [0.5, 0.6) is 0 Å². The number of carbonyl (C=O) groups is 1. The fourth-order valence-electron chi connectivity index (χ4n) is 5.40. The number of methoxy groups -OCH3 is 1. The van der Waals surface area contributed by atoms with Gasteiger partial charge < -0.3 is 14.2 Å². The van der Waals surface area contributed by atoms with Gasteiger partial charge in [-0.05, 0) is 30.6 Å². The lowest BCUT2D eigenvalue weighted by Gasteiger charge is -2.73. The molecule has 96 valence electrons. The lowest BCUT2D eigenvalue weighted by Crippen LogP contribution is -2.83. The van der Waals surface area contributed by atoms with Crippen LogP contribution in [0.25, 0.3) is 0 Å². The van der Waals surface area contributed by atoms with Gasteiger partial charge in [-0.15, -0.1) is 0 Å². The number of nitrogens with zero attached hydrogens (tertiary/aromatic N) is 1. The van der Waals surface area contributed by atoms with Crippen molar-refractivity contribution >= 4 is 11.9 Å². The first kappa shape index (κ1) is 9.78. The van der Waals surface area contributed by atoms with Gasteiger partial charge in [0.2, 0.25) is 5.90 Å². The van der Waals surface area contributed by atoms with E-state index < -0.39 is 5.41 Å². The lowest BCUT2D eigenvalue weighted by atomic mass is 9.29. The van der Waals surface area contributed by atoms with Gasteiger partial charge in [0, 0.05) is 0 Å². The molecule has 0 aromatic rings. The van der Waals surface area contributed by atoms with E-state index in [0.29, 0.717) is 36.2 Å². The molecule has 4 fully saturated rings. The smallest absolute Gasteiger partial charge is 0.324 e. The Morgan fingerprint density at radius 2 is 2.28 bits per heavy atom.